The van der Waals surface area contributed by atoms with E-state index in [0.29, 0.717) is 23.2 Å². The first kappa shape index (κ1) is 17.0. The number of aryl methyl sites for hydroxylation is 1. The molecule has 1 aromatic carbocycles. The second-order valence-corrected chi connectivity index (χ2v) is 6.38. The van der Waals surface area contributed by atoms with E-state index in [2.05, 4.69) is 15.5 Å². The first-order valence-electron chi connectivity index (χ1n) is 7.34. The summed E-state index contributed by atoms with van der Waals surface area (Å²) < 4.78 is 10.4. The van der Waals surface area contributed by atoms with E-state index >= 15 is 0 Å². The number of nitrogens with one attached hydrogen (secondary N) is 1. The van der Waals surface area contributed by atoms with Gasteiger partial charge >= 0.3 is 0 Å². The first-order valence-corrected chi connectivity index (χ1v) is 7.34. The minimum atomic E-state index is -0.583. The molecule has 0 aliphatic carbocycles. The Morgan fingerprint density at radius 1 is 1.35 bits per heavy atom. The van der Waals surface area contributed by atoms with Crippen molar-refractivity contribution in [2.45, 2.75) is 40.3 Å². The summed E-state index contributed by atoms with van der Waals surface area (Å²) in [7, 11) is 0. The van der Waals surface area contributed by atoms with E-state index in [9.17, 15) is 4.79 Å². The van der Waals surface area contributed by atoms with E-state index in [1.807, 2.05) is 20.8 Å². The van der Waals surface area contributed by atoms with Gasteiger partial charge in [-0.25, -0.2) is 0 Å². The van der Waals surface area contributed by atoms with E-state index in [1.54, 1.807) is 31.2 Å². The van der Waals surface area contributed by atoms with Crippen LogP contribution in [0.2, 0.25) is 0 Å². The predicted octanol–water partition coefficient (Wildman–Crippen LogP) is 2.27. The Morgan fingerprint density at radius 2 is 2.00 bits per heavy atom. The number of rotatable bonds is 5. The Kier molecular flexibility index (Phi) is 5.00. The topological polar surface area (TPSA) is 103 Å². The molecule has 7 heteroatoms. The summed E-state index contributed by atoms with van der Waals surface area (Å²) in [4.78, 5) is 16.1. The Balaban J connectivity index is 1.90. The van der Waals surface area contributed by atoms with Crippen LogP contribution in [0.15, 0.2) is 28.8 Å². The lowest BCUT2D eigenvalue weighted by Gasteiger charge is -2.25. The van der Waals surface area contributed by atoms with Crippen LogP contribution in [0.3, 0.4) is 0 Å². The molecule has 124 valence electrons. The lowest BCUT2D eigenvalue weighted by molar-refractivity contribution is -0.119. The van der Waals surface area contributed by atoms with Crippen molar-refractivity contribution in [3.63, 3.8) is 0 Å². The number of nitrogens with two attached hydrogens (primary N) is 1. The molecular weight excluding hydrogens is 296 g/mol. The number of ether oxygens (including phenoxy) is 1. The van der Waals surface area contributed by atoms with Crippen molar-refractivity contribution in [2.75, 3.05) is 5.32 Å². The zero-order valence-corrected chi connectivity index (χ0v) is 13.8. The van der Waals surface area contributed by atoms with Crippen LogP contribution in [0.4, 0.5) is 5.69 Å². The third-order valence-corrected chi connectivity index (χ3v) is 3.27. The average Bonchev–Trinajstić information content (AvgIpc) is 2.90. The third kappa shape index (κ3) is 4.79. The Labute approximate surface area is 135 Å². The molecule has 0 spiro atoms. The van der Waals surface area contributed by atoms with Gasteiger partial charge in [0.15, 0.2) is 6.61 Å². The summed E-state index contributed by atoms with van der Waals surface area (Å²) in [5, 5.41) is 6.54. The molecule has 0 aliphatic heterocycles. The number of aromatic nitrogens is 2. The van der Waals surface area contributed by atoms with Crippen LogP contribution in [0.1, 0.15) is 32.5 Å². The molecule has 1 atom stereocenters. The van der Waals surface area contributed by atoms with E-state index in [-0.39, 0.29) is 17.9 Å². The van der Waals surface area contributed by atoms with Gasteiger partial charge in [0.25, 0.3) is 0 Å². The SMILES string of the molecule is Cc1nc(COc2ccc(NC(=O)[C@@H](N)C(C)(C)C)cc2)no1. The monoisotopic (exact) mass is 318 g/mol. The highest BCUT2D eigenvalue weighted by molar-refractivity contribution is 5.95. The van der Waals surface area contributed by atoms with Crippen molar-refractivity contribution in [2.24, 2.45) is 11.1 Å². The van der Waals surface area contributed by atoms with E-state index in [1.165, 1.54) is 0 Å². The molecule has 23 heavy (non-hydrogen) atoms. The molecule has 0 radical (unpaired) electrons. The summed E-state index contributed by atoms with van der Waals surface area (Å²) in [5.74, 6) is 1.41. The maximum absolute atomic E-state index is 12.1. The fraction of sp³-hybridized carbons (Fsp3) is 0.438. The van der Waals surface area contributed by atoms with Crippen molar-refractivity contribution in [1.82, 2.24) is 10.1 Å². The number of benzene rings is 1. The highest BCUT2D eigenvalue weighted by atomic mass is 16.5. The van der Waals surface area contributed by atoms with E-state index in [0.717, 1.165) is 0 Å². The molecule has 7 nitrogen and oxygen atoms in total. The predicted molar refractivity (Wildman–Crippen MR) is 85.9 cm³/mol. The molecule has 0 saturated carbocycles. The molecule has 2 aromatic rings. The second-order valence-electron chi connectivity index (χ2n) is 6.38. The summed E-state index contributed by atoms with van der Waals surface area (Å²) in [6.45, 7) is 7.71. The molecule has 0 fully saturated rings. The van der Waals surface area contributed by atoms with Crippen LogP contribution in [0.25, 0.3) is 0 Å². The number of hydrogen-bond acceptors (Lipinski definition) is 6. The molecule has 3 N–H and O–H groups in total. The summed E-state index contributed by atoms with van der Waals surface area (Å²) in [6, 6.07) is 6.43. The quantitative estimate of drug-likeness (QED) is 0.876. The number of carbonyl (C=O) groups excluding carboxylic acids is 1. The highest BCUT2D eigenvalue weighted by Crippen LogP contribution is 2.20. The number of carbonyl (C=O) groups is 1. The van der Waals surface area contributed by atoms with Crippen molar-refractivity contribution in [1.29, 1.82) is 0 Å². The van der Waals surface area contributed by atoms with Crippen molar-refractivity contribution in [3.8, 4) is 5.75 Å². The normalized spacial score (nSPS) is 12.7. The smallest absolute Gasteiger partial charge is 0.241 e. The van der Waals surface area contributed by atoms with Crippen LogP contribution < -0.4 is 15.8 Å². The Hall–Kier alpha value is -2.41. The molecule has 0 unspecified atom stereocenters. The van der Waals surface area contributed by atoms with Crippen LogP contribution in [0.5, 0.6) is 5.75 Å². The van der Waals surface area contributed by atoms with Gasteiger partial charge in [0.1, 0.15) is 5.75 Å². The van der Waals surface area contributed by atoms with Gasteiger partial charge in [-0.15, -0.1) is 0 Å². The van der Waals surface area contributed by atoms with E-state index in [4.69, 9.17) is 15.0 Å². The van der Waals surface area contributed by atoms with Crippen molar-refractivity contribution in [3.05, 3.63) is 36.0 Å². The third-order valence-electron chi connectivity index (χ3n) is 3.27. The van der Waals surface area contributed by atoms with Gasteiger partial charge < -0.3 is 20.3 Å². The largest absolute Gasteiger partial charge is 0.485 e. The van der Waals surface area contributed by atoms with Crippen LogP contribution in [0, 0.1) is 12.3 Å². The van der Waals surface area contributed by atoms with Gasteiger partial charge in [-0.3, -0.25) is 4.79 Å². The molecule has 0 saturated heterocycles. The first-order chi connectivity index (χ1) is 10.8. The lowest BCUT2D eigenvalue weighted by atomic mass is 9.87. The minimum Gasteiger partial charge on any atom is -0.485 e. The molecule has 1 heterocycles. The standard InChI is InChI=1S/C16H22N4O3/c1-10-18-13(20-23-10)9-22-12-7-5-11(6-8-12)19-15(21)14(17)16(2,3)4/h5-8,14H,9,17H2,1-4H3,(H,19,21)/t14-/m1/s1. The average molecular weight is 318 g/mol. The summed E-state index contributed by atoms with van der Waals surface area (Å²) in [5.41, 5.74) is 6.30. The van der Waals surface area contributed by atoms with Crippen molar-refractivity contribution < 1.29 is 14.1 Å². The molecular formula is C16H22N4O3. The van der Waals surface area contributed by atoms with Crippen molar-refractivity contribution >= 4 is 11.6 Å². The fourth-order valence-corrected chi connectivity index (χ4v) is 1.80. The number of amides is 1. The molecule has 1 aromatic heterocycles. The summed E-state index contributed by atoms with van der Waals surface area (Å²) >= 11 is 0. The molecule has 0 aliphatic rings. The van der Waals surface area contributed by atoms with Gasteiger partial charge in [0.2, 0.25) is 17.6 Å². The number of nitrogens with zero attached hydrogens (tertiary/aromatic N) is 2. The Morgan fingerprint density at radius 3 is 2.52 bits per heavy atom. The van der Waals surface area contributed by atoms with Gasteiger partial charge in [-0.1, -0.05) is 25.9 Å². The zero-order chi connectivity index (χ0) is 17.0. The molecule has 0 bridgehead atoms. The number of anilines is 1. The maximum atomic E-state index is 12.1. The summed E-state index contributed by atoms with van der Waals surface area (Å²) in [6.07, 6.45) is 0. The van der Waals surface area contributed by atoms with Gasteiger partial charge in [-0.2, -0.15) is 4.98 Å². The van der Waals surface area contributed by atoms with Gasteiger partial charge in [0, 0.05) is 12.6 Å². The zero-order valence-electron chi connectivity index (χ0n) is 13.8. The lowest BCUT2D eigenvalue weighted by Crippen LogP contribution is -2.45. The Bertz CT molecular complexity index is 659. The van der Waals surface area contributed by atoms with Crippen LogP contribution >= 0.6 is 0 Å². The minimum absolute atomic E-state index is 0.214. The van der Waals surface area contributed by atoms with Crippen LogP contribution in [-0.2, 0) is 11.4 Å². The van der Waals surface area contributed by atoms with Gasteiger partial charge in [-0.05, 0) is 29.7 Å². The second kappa shape index (κ2) is 6.78. The highest BCUT2D eigenvalue weighted by Gasteiger charge is 2.27. The van der Waals surface area contributed by atoms with E-state index < -0.39 is 6.04 Å². The molecule has 1 amide bonds. The van der Waals surface area contributed by atoms with Gasteiger partial charge in [0.05, 0.1) is 6.04 Å². The maximum Gasteiger partial charge on any atom is 0.241 e. The molecule has 2 rings (SSSR count). The number of hydrogen-bond donors (Lipinski definition) is 2. The fourth-order valence-electron chi connectivity index (χ4n) is 1.80. The van der Waals surface area contributed by atoms with Crippen LogP contribution in [-0.4, -0.2) is 22.1 Å².